The molecule has 1 nitrogen and oxygen atoms in total. The van der Waals surface area contributed by atoms with Crippen molar-refractivity contribution in [1.82, 2.24) is 4.90 Å². The van der Waals surface area contributed by atoms with Gasteiger partial charge in [0.05, 0.1) is 0 Å². The van der Waals surface area contributed by atoms with Gasteiger partial charge in [-0.2, -0.15) is 13.2 Å². The Balaban J connectivity index is 2.31. The third-order valence-electron chi connectivity index (χ3n) is 2.82. The first kappa shape index (κ1) is 14.6. The Kier molecular flexibility index (Phi) is 6.51. The van der Waals surface area contributed by atoms with Crippen LogP contribution in [0.5, 0.6) is 0 Å². The summed E-state index contributed by atoms with van der Waals surface area (Å²) >= 11 is 3.54. The van der Waals surface area contributed by atoms with Crippen molar-refractivity contribution in [3.63, 3.8) is 0 Å². The first-order valence-electron chi connectivity index (χ1n) is 5.53. The summed E-state index contributed by atoms with van der Waals surface area (Å²) in [6.07, 6.45) is 4.60. The molecule has 0 aliphatic carbocycles. The van der Waals surface area contributed by atoms with E-state index in [4.69, 9.17) is 0 Å². The number of hydrogen-bond donors (Lipinski definition) is 0. The molecule has 1 aliphatic rings. The van der Waals surface area contributed by atoms with Crippen LogP contribution in [0.2, 0.25) is 0 Å². The molecule has 1 heterocycles. The summed E-state index contributed by atoms with van der Waals surface area (Å²) in [5, 5.41) is 0.865. The minimum atomic E-state index is -4.09. The van der Waals surface area contributed by atoms with E-state index in [1.807, 2.05) is 0 Å². The second kappa shape index (κ2) is 7.11. The van der Waals surface area contributed by atoms with Crippen molar-refractivity contribution in [1.29, 1.82) is 0 Å². The fourth-order valence-electron chi connectivity index (χ4n) is 1.98. The van der Waals surface area contributed by atoms with Crippen LogP contribution in [0.1, 0.15) is 25.7 Å². The zero-order chi connectivity index (χ0) is 12.0. The summed E-state index contributed by atoms with van der Waals surface area (Å²) in [5.41, 5.74) is -4.09. The molecule has 0 spiro atoms. The number of alkyl halides is 4. The Labute approximate surface area is 107 Å². The van der Waals surface area contributed by atoms with Crippen LogP contribution in [-0.2, 0) is 0 Å². The fourth-order valence-corrected chi connectivity index (χ4v) is 3.28. The molecule has 0 bridgehead atoms. The third-order valence-corrected chi connectivity index (χ3v) is 4.28. The Bertz CT molecular complexity index is 201. The Morgan fingerprint density at radius 1 is 1.25 bits per heavy atom. The van der Waals surface area contributed by atoms with Gasteiger partial charge in [-0.25, -0.2) is 0 Å². The van der Waals surface area contributed by atoms with E-state index in [0.29, 0.717) is 12.6 Å². The van der Waals surface area contributed by atoms with Crippen molar-refractivity contribution in [2.45, 2.75) is 37.2 Å². The largest absolute Gasteiger partial charge is 0.441 e. The topological polar surface area (TPSA) is 3.24 Å². The summed E-state index contributed by atoms with van der Waals surface area (Å²) in [6.45, 7) is 1.48. The Hall–Kier alpha value is 0.580. The van der Waals surface area contributed by atoms with Gasteiger partial charge in [0, 0.05) is 23.7 Å². The second-order valence-electron chi connectivity index (χ2n) is 3.99. The molecule has 0 N–H and O–H groups in total. The predicted octanol–water partition coefficient (Wildman–Crippen LogP) is 3.88. The SMILES string of the molecule is FC(F)(F)SCCN1CCCCCC1CBr. The molecule has 0 saturated carbocycles. The van der Waals surface area contributed by atoms with Gasteiger partial charge in [-0.1, -0.05) is 28.8 Å². The van der Waals surface area contributed by atoms with E-state index in [1.54, 1.807) is 0 Å². The molecule has 1 aliphatic heterocycles. The maximum Gasteiger partial charge on any atom is 0.441 e. The standard InChI is InChI=1S/C10H17BrF3NS/c11-8-9-4-2-1-3-5-15(9)6-7-16-10(12,13)14/h9H,1-8H2. The number of rotatable bonds is 4. The van der Waals surface area contributed by atoms with Gasteiger partial charge in [0.2, 0.25) is 0 Å². The van der Waals surface area contributed by atoms with E-state index in [1.165, 1.54) is 12.8 Å². The molecular formula is C10H17BrF3NS. The van der Waals surface area contributed by atoms with E-state index >= 15 is 0 Å². The Morgan fingerprint density at radius 2 is 2.00 bits per heavy atom. The fraction of sp³-hybridized carbons (Fsp3) is 1.00. The maximum atomic E-state index is 12.0. The second-order valence-corrected chi connectivity index (χ2v) is 5.79. The predicted molar refractivity (Wildman–Crippen MR) is 66.1 cm³/mol. The van der Waals surface area contributed by atoms with E-state index in [-0.39, 0.29) is 17.5 Å². The smallest absolute Gasteiger partial charge is 0.299 e. The van der Waals surface area contributed by atoms with Gasteiger partial charge in [0.1, 0.15) is 0 Å². The van der Waals surface area contributed by atoms with Crippen molar-refractivity contribution >= 4 is 27.7 Å². The first-order chi connectivity index (χ1) is 7.53. The van der Waals surface area contributed by atoms with E-state index in [9.17, 15) is 13.2 Å². The van der Waals surface area contributed by atoms with Crippen LogP contribution in [0.4, 0.5) is 13.2 Å². The average molecular weight is 320 g/mol. The lowest BCUT2D eigenvalue weighted by molar-refractivity contribution is -0.0329. The van der Waals surface area contributed by atoms with Gasteiger partial charge >= 0.3 is 5.51 Å². The lowest BCUT2D eigenvalue weighted by Crippen LogP contribution is -2.37. The molecule has 1 unspecified atom stereocenters. The minimum Gasteiger partial charge on any atom is -0.299 e. The van der Waals surface area contributed by atoms with Crippen LogP contribution in [0, 0.1) is 0 Å². The zero-order valence-electron chi connectivity index (χ0n) is 9.10. The lowest BCUT2D eigenvalue weighted by atomic mass is 10.1. The van der Waals surface area contributed by atoms with Crippen LogP contribution in [0.3, 0.4) is 0 Å². The van der Waals surface area contributed by atoms with E-state index in [2.05, 4.69) is 20.8 Å². The van der Waals surface area contributed by atoms with Crippen LogP contribution >= 0.6 is 27.7 Å². The van der Waals surface area contributed by atoms with Crippen LogP contribution in [-0.4, -0.2) is 40.6 Å². The highest BCUT2D eigenvalue weighted by Crippen LogP contribution is 2.30. The van der Waals surface area contributed by atoms with Gasteiger partial charge in [0.15, 0.2) is 0 Å². The number of likely N-dealkylation sites (tertiary alicyclic amines) is 1. The van der Waals surface area contributed by atoms with Gasteiger partial charge in [-0.05, 0) is 31.1 Å². The lowest BCUT2D eigenvalue weighted by Gasteiger charge is -2.28. The van der Waals surface area contributed by atoms with E-state index < -0.39 is 5.51 Å². The summed E-state index contributed by atoms with van der Waals surface area (Å²) < 4.78 is 36.0. The molecule has 16 heavy (non-hydrogen) atoms. The van der Waals surface area contributed by atoms with Crippen molar-refractivity contribution < 1.29 is 13.2 Å². The molecule has 0 aromatic heterocycles. The molecule has 0 aromatic rings. The number of halogens is 4. The quantitative estimate of drug-likeness (QED) is 0.723. The molecule has 96 valence electrons. The van der Waals surface area contributed by atoms with Crippen molar-refractivity contribution in [3.05, 3.63) is 0 Å². The van der Waals surface area contributed by atoms with Gasteiger partial charge in [-0.15, -0.1) is 0 Å². The zero-order valence-corrected chi connectivity index (χ0v) is 11.5. The minimum absolute atomic E-state index is 0.0896. The highest BCUT2D eigenvalue weighted by molar-refractivity contribution is 9.09. The van der Waals surface area contributed by atoms with Crippen molar-refractivity contribution in [3.8, 4) is 0 Å². The summed E-state index contributed by atoms with van der Waals surface area (Å²) in [7, 11) is 0. The number of thioether (sulfide) groups is 1. The maximum absolute atomic E-state index is 12.0. The normalized spacial score (nSPS) is 24.4. The average Bonchev–Trinajstić information content (AvgIpc) is 2.41. The summed E-state index contributed by atoms with van der Waals surface area (Å²) in [6, 6.07) is 0.413. The first-order valence-corrected chi connectivity index (χ1v) is 7.64. The van der Waals surface area contributed by atoms with Gasteiger partial charge < -0.3 is 0 Å². The molecule has 1 fully saturated rings. The van der Waals surface area contributed by atoms with Gasteiger partial charge in [-0.3, -0.25) is 4.90 Å². The molecule has 0 amide bonds. The number of hydrogen-bond acceptors (Lipinski definition) is 2. The molecule has 1 rings (SSSR count). The molecule has 1 saturated heterocycles. The monoisotopic (exact) mass is 319 g/mol. The summed E-state index contributed by atoms with van der Waals surface area (Å²) in [4.78, 5) is 2.19. The van der Waals surface area contributed by atoms with Crippen LogP contribution < -0.4 is 0 Å². The highest BCUT2D eigenvalue weighted by atomic mass is 79.9. The Morgan fingerprint density at radius 3 is 2.62 bits per heavy atom. The third kappa shape index (κ3) is 5.77. The van der Waals surface area contributed by atoms with Crippen molar-refractivity contribution in [2.75, 3.05) is 24.2 Å². The highest BCUT2D eigenvalue weighted by Gasteiger charge is 2.28. The molecule has 6 heteroatoms. The van der Waals surface area contributed by atoms with Gasteiger partial charge in [0.25, 0.3) is 0 Å². The van der Waals surface area contributed by atoms with Crippen LogP contribution in [0.15, 0.2) is 0 Å². The van der Waals surface area contributed by atoms with Crippen molar-refractivity contribution in [2.24, 2.45) is 0 Å². The summed E-state index contributed by atoms with van der Waals surface area (Å²) in [5.74, 6) is 0.146. The van der Waals surface area contributed by atoms with Crippen LogP contribution in [0.25, 0.3) is 0 Å². The van der Waals surface area contributed by atoms with E-state index in [0.717, 1.165) is 24.7 Å². The number of nitrogens with zero attached hydrogens (tertiary/aromatic N) is 1. The molecule has 0 radical (unpaired) electrons. The molecular weight excluding hydrogens is 303 g/mol. The molecule has 0 aromatic carbocycles. The molecule has 1 atom stereocenters.